The van der Waals surface area contributed by atoms with Crippen LogP contribution < -0.4 is 10.6 Å². The van der Waals surface area contributed by atoms with E-state index in [0.717, 1.165) is 6.42 Å². The quantitative estimate of drug-likeness (QED) is 0.500. The lowest BCUT2D eigenvalue weighted by molar-refractivity contribution is 0.0218. The fourth-order valence-corrected chi connectivity index (χ4v) is 4.44. The first-order valence-corrected chi connectivity index (χ1v) is 12.6. The van der Waals surface area contributed by atoms with Crippen molar-refractivity contribution >= 4 is 11.9 Å². The molecule has 38 heavy (non-hydrogen) atoms. The Hall–Kier alpha value is -4.20. The number of rotatable bonds is 5. The molecule has 0 saturated carbocycles. The lowest BCUT2D eigenvalue weighted by Gasteiger charge is -2.41. The van der Waals surface area contributed by atoms with Gasteiger partial charge in [0.1, 0.15) is 29.6 Å². The molecule has 0 radical (unpaired) electrons. The summed E-state index contributed by atoms with van der Waals surface area (Å²) in [6.45, 7) is 11.2. The Balaban J connectivity index is 1.55. The molecule has 4 rings (SSSR count). The minimum Gasteiger partial charge on any atom is -0.444 e. The smallest absolute Gasteiger partial charge is 0.410 e. The first-order valence-electron chi connectivity index (χ1n) is 12.6. The molecule has 1 aliphatic heterocycles. The summed E-state index contributed by atoms with van der Waals surface area (Å²) in [5.41, 5.74) is 0.568. The standard InChI is InChI=1S/C27H32FN7O3/c1-6-9-35-25(36)34(17-31-35)23-8-7-19(13-22(23)28)21-12-20(14-29)24(30-15-21)33-11-10-32(16-18(33)2)26(37)38-27(3,4)5/h7-8,12-13,15,17-18H,6,9-11,16H2,1-5H3. The first-order chi connectivity index (χ1) is 18.0. The van der Waals surface area contributed by atoms with Crippen molar-refractivity contribution in [3.05, 3.63) is 58.7 Å². The van der Waals surface area contributed by atoms with Gasteiger partial charge in [0.15, 0.2) is 0 Å². The highest BCUT2D eigenvalue weighted by molar-refractivity contribution is 5.71. The molecule has 0 bridgehead atoms. The maximum Gasteiger partial charge on any atom is 0.410 e. The summed E-state index contributed by atoms with van der Waals surface area (Å²) in [6.07, 6.45) is 3.28. The fraction of sp³-hybridized carbons (Fsp3) is 0.444. The van der Waals surface area contributed by atoms with Gasteiger partial charge in [0.05, 0.1) is 11.3 Å². The van der Waals surface area contributed by atoms with Gasteiger partial charge in [0.2, 0.25) is 0 Å². The van der Waals surface area contributed by atoms with Crippen molar-refractivity contribution in [2.75, 3.05) is 24.5 Å². The molecular weight excluding hydrogens is 489 g/mol. The molecule has 1 aromatic carbocycles. The van der Waals surface area contributed by atoms with Gasteiger partial charge in [-0.25, -0.2) is 28.2 Å². The number of hydrogen-bond acceptors (Lipinski definition) is 7. The van der Waals surface area contributed by atoms with Gasteiger partial charge in [-0.1, -0.05) is 13.0 Å². The van der Waals surface area contributed by atoms with Gasteiger partial charge in [-0.05, 0) is 57.9 Å². The minimum absolute atomic E-state index is 0.0922. The number of nitriles is 1. The van der Waals surface area contributed by atoms with Gasteiger partial charge in [0.25, 0.3) is 0 Å². The molecular formula is C27H32FN7O3. The van der Waals surface area contributed by atoms with E-state index in [1.165, 1.54) is 27.7 Å². The second-order valence-electron chi connectivity index (χ2n) is 10.3. The summed E-state index contributed by atoms with van der Waals surface area (Å²) >= 11 is 0. The van der Waals surface area contributed by atoms with E-state index in [9.17, 15) is 14.9 Å². The van der Waals surface area contributed by atoms with Crippen LogP contribution in [0.1, 0.15) is 46.6 Å². The third-order valence-electron chi connectivity index (χ3n) is 6.25. The number of amides is 1. The van der Waals surface area contributed by atoms with Crippen molar-refractivity contribution < 1.29 is 13.9 Å². The molecule has 1 fully saturated rings. The maximum atomic E-state index is 15.1. The van der Waals surface area contributed by atoms with Crippen molar-refractivity contribution in [3.63, 3.8) is 0 Å². The normalized spacial score (nSPS) is 15.9. The predicted octanol–water partition coefficient (Wildman–Crippen LogP) is 3.96. The lowest BCUT2D eigenvalue weighted by atomic mass is 10.0. The zero-order valence-corrected chi connectivity index (χ0v) is 22.3. The van der Waals surface area contributed by atoms with Gasteiger partial charge in [-0.2, -0.15) is 10.4 Å². The molecule has 11 heteroatoms. The average Bonchev–Trinajstić information content (AvgIpc) is 3.22. The van der Waals surface area contributed by atoms with Crippen LogP contribution in [0.5, 0.6) is 0 Å². The highest BCUT2D eigenvalue weighted by Gasteiger charge is 2.31. The maximum absolute atomic E-state index is 15.1. The number of hydrogen-bond donors (Lipinski definition) is 0. The van der Waals surface area contributed by atoms with Crippen LogP contribution in [0.4, 0.5) is 15.0 Å². The second-order valence-corrected chi connectivity index (χ2v) is 10.3. The molecule has 1 atom stereocenters. The summed E-state index contributed by atoms with van der Waals surface area (Å²) in [7, 11) is 0. The number of carbonyl (C=O) groups excluding carboxylic acids is 1. The number of aryl methyl sites for hydroxylation is 1. The average molecular weight is 522 g/mol. The topological polar surface area (TPSA) is 109 Å². The van der Waals surface area contributed by atoms with E-state index in [0.29, 0.717) is 48.7 Å². The number of piperazine rings is 1. The molecule has 1 saturated heterocycles. The summed E-state index contributed by atoms with van der Waals surface area (Å²) in [5, 5.41) is 13.9. The van der Waals surface area contributed by atoms with E-state index in [1.807, 2.05) is 39.5 Å². The zero-order valence-electron chi connectivity index (χ0n) is 22.3. The minimum atomic E-state index is -0.588. The van der Waals surface area contributed by atoms with Crippen LogP contribution in [0, 0.1) is 17.1 Å². The molecule has 2 aromatic heterocycles. The zero-order chi connectivity index (χ0) is 27.6. The summed E-state index contributed by atoms with van der Waals surface area (Å²) in [6, 6.07) is 8.30. The number of nitrogens with zero attached hydrogens (tertiary/aromatic N) is 7. The Morgan fingerprint density at radius 2 is 2.00 bits per heavy atom. The van der Waals surface area contributed by atoms with E-state index in [1.54, 1.807) is 23.2 Å². The van der Waals surface area contributed by atoms with Gasteiger partial charge in [0, 0.05) is 44.0 Å². The number of halogens is 1. The Bertz CT molecular complexity index is 1430. The van der Waals surface area contributed by atoms with Crippen LogP contribution in [0.15, 0.2) is 41.6 Å². The van der Waals surface area contributed by atoms with Gasteiger partial charge in [-0.15, -0.1) is 0 Å². The number of aromatic nitrogens is 4. The van der Waals surface area contributed by atoms with Crippen LogP contribution in [0.3, 0.4) is 0 Å². The molecule has 1 aliphatic rings. The number of anilines is 1. The highest BCUT2D eigenvalue weighted by atomic mass is 19.1. The van der Waals surface area contributed by atoms with Crippen molar-refractivity contribution in [3.8, 4) is 22.9 Å². The SMILES string of the molecule is CCCn1ncn(-c2ccc(-c3cnc(N4CCN(C(=O)OC(C)(C)C)CC4C)c(C#N)c3)cc2F)c1=O. The molecule has 0 N–H and O–H groups in total. The molecule has 1 amide bonds. The number of pyridine rings is 1. The number of carbonyl (C=O) groups is 1. The van der Waals surface area contributed by atoms with Crippen molar-refractivity contribution in [1.82, 2.24) is 24.2 Å². The molecule has 3 aromatic rings. The van der Waals surface area contributed by atoms with Crippen LogP contribution >= 0.6 is 0 Å². The number of benzene rings is 1. The Kier molecular flexibility index (Phi) is 7.53. The van der Waals surface area contributed by atoms with Crippen molar-refractivity contribution in [2.24, 2.45) is 0 Å². The van der Waals surface area contributed by atoms with E-state index in [2.05, 4.69) is 16.2 Å². The summed E-state index contributed by atoms with van der Waals surface area (Å²) in [5.74, 6) is -0.0744. The van der Waals surface area contributed by atoms with E-state index < -0.39 is 17.1 Å². The number of ether oxygens (including phenoxy) is 1. The molecule has 1 unspecified atom stereocenters. The monoisotopic (exact) mass is 521 g/mol. The Morgan fingerprint density at radius 1 is 1.24 bits per heavy atom. The fourth-order valence-electron chi connectivity index (χ4n) is 4.44. The third kappa shape index (κ3) is 5.54. The highest BCUT2D eigenvalue weighted by Crippen LogP contribution is 2.29. The van der Waals surface area contributed by atoms with Gasteiger partial charge in [-0.3, -0.25) is 0 Å². The first kappa shape index (κ1) is 26.9. The molecule has 200 valence electrons. The van der Waals surface area contributed by atoms with Crippen LogP contribution in [0.2, 0.25) is 0 Å². The van der Waals surface area contributed by atoms with Crippen LogP contribution in [0.25, 0.3) is 16.8 Å². The van der Waals surface area contributed by atoms with Crippen LogP contribution in [-0.2, 0) is 11.3 Å². The largest absolute Gasteiger partial charge is 0.444 e. The van der Waals surface area contributed by atoms with E-state index in [4.69, 9.17) is 4.74 Å². The molecule has 0 spiro atoms. The van der Waals surface area contributed by atoms with E-state index in [-0.39, 0.29) is 17.8 Å². The lowest BCUT2D eigenvalue weighted by Crippen LogP contribution is -2.55. The van der Waals surface area contributed by atoms with Gasteiger partial charge < -0.3 is 14.5 Å². The molecule has 10 nitrogen and oxygen atoms in total. The molecule has 3 heterocycles. The predicted molar refractivity (Wildman–Crippen MR) is 141 cm³/mol. The summed E-state index contributed by atoms with van der Waals surface area (Å²) in [4.78, 5) is 33.2. The van der Waals surface area contributed by atoms with Crippen LogP contribution in [-0.4, -0.2) is 61.6 Å². The van der Waals surface area contributed by atoms with Crippen molar-refractivity contribution in [1.29, 1.82) is 5.26 Å². The molecule has 0 aliphatic carbocycles. The van der Waals surface area contributed by atoms with E-state index >= 15 is 4.39 Å². The Labute approximate surface area is 220 Å². The van der Waals surface area contributed by atoms with Crippen molar-refractivity contribution in [2.45, 2.75) is 59.2 Å². The van der Waals surface area contributed by atoms with Gasteiger partial charge >= 0.3 is 11.8 Å². The second kappa shape index (κ2) is 10.7. The Morgan fingerprint density at radius 3 is 2.63 bits per heavy atom. The third-order valence-corrected chi connectivity index (χ3v) is 6.25. The summed E-state index contributed by atoms with van der Waals surface area (Å²) < 4.78 is 23.0.